The van der Waals surface area contributed by atoms with E-state index in [4.69, 9.17) is 9.84 Å². The second kappa shape index (κ2) is 13.8. The Kier molecular flexibility index (Phi) is 9.50. The molecule has 3 aromatic rings. The molecule has 1 saturated heterocycles. The van der Waals surface area contributed by atoms with Crippen molar-refractivity contribution in [1.29, 1.82) is 0 Å². The van der Waals surface area contributed by atoms with Gasteiger partial charge in [0.05, 0.1) is 31.4 Å². The van der Waals surface area contributed by atoms with E-state index >= 15 is 0 Å². The van der Waals surface area contributed by atoms with Gasteiger partial charge in [-0.1, -0.05) is 42.5 Å². The standard InChI is InChI=1S/C31H34N6O5/c38-29(39)13-18-42-19-15-32-30(40)24-8-6-22(7-9-24)26-20-28(34-21-33-26)36-16-11-25(12-17-36)31(41)37-27(10-14-35-37)23-4-2-1-3-5-23/h1-9,14,20-21,25,27H,10-13,15-19H2,(H,32,40)(H,38,39). The van der Waals surface area contributed by atoms with Crippen LogP contribution >= 0.6 is 0 Å². The highest BCUT2D eigenvalue weighted by molar-refractivity contribution is 5.94. The first-order valence-electron chi connectivity index (χ1n) is 14.1. The minimum absolute atomic E-state index is 0.0388. The molecule has 0 spiro atoms. The Morgan fingerprint density at radius 3 is 2.48 bits per heavy atom. The fourth-order valence-electron chi connectivity index (χ4n) is 5.19. The second-order valence-electron chi connectivity index (χ2n) is 10.3. The van der Waals surface area contributed by atoms with Gasteiger partial charge in [-0.05, 0) is 30.5 Å². The van der Waals surface area contributed by atoms with Crippen molar-refractivity contribution >= 4 is 29.8 Å². The summed E-state index contributed by atoms with van der Waals surface area (Å²) in [6.07, 6.45) is 5.47. The van der Waals surface area contributed by atoms with E-state index in [1.54, 1.807) is 17.1 Å². The molecule has 0 bridgehead atoms. The fraction of sp³-hybridized carbons (Fsp3) is 0.355. The molecule has 1 atom stereocenters. The van der Waals surface area contributed by atoms with Crippen molar-refractivity contribution in [2.45, 2.75) is 31.7 Å². The summed E-state index contributed by atoms with van der Waals surface area (Å²) in [5.74, 6) is -0.359. The summed E-state index contributed by atoms with van der Waals surface area (Å²) in [4.78, 5) is 47.4. The second-order valence-corrected chi connectivity index (χ2v) is 10.3. The van der Waals surface area contributed by atoms with Gasteiger partial charge in [-0.25, -0.2) is 15.0 Å². The van der Waals surface area contributed by atoms with Gasteiger partial charge in [0.15, 0.2) is 0 Å². The van der Waals surface area contributed by atoms with Gasteiger partial charge in [0.2, 0.25) is 5.91 Å². The molecule has 2 aliphatic rings. The van der Waals surface area contributed by atoms with Crippen LogP contribution in [0.3, 0.4) is 0 Å². The number of carboxylic acid groups (broad SMARTS) is 1. The minimum atomic E-state index is -0.919. The number of aliphatic carboxylic acids is 1. The number of ether oxygens (including phenoxy) is 1. The van der Waals surface area contributed by atoms with Crippen molar-refractivity contribution in [3.05, 3.63) is 78.1 Å². The number of nitrogens with zero attached hydrogens (tertiary/aromatic N) is 5. The third-order valence-electron chi connectivity index (χ3n) is 7.50. The molecule has 2 aromatic carbocycles. The number of carbonyl (C=O) groups is 3. The average Bonchev–Trinajstić information content (AvgIpc) is 3.53. The molecular formula is C31H34N6O5. The zero-order valence-corrected chi connectivity index (χ0v) is 23.3. The summed E-state index contributed by atoms with van der Waals surface area (Å²) < 4.78 is 5.19. The molecule has 42 heavy (non-hydrogen) atoms. The van der Waals surface area contributed by atoms with Crippen molar-refractivity contribution in [2.24, 2.45) is 11.0 Å². The predicted molar refractivity (Wildman–Crippen MR) is 157 cm³/mol. The van der Waals surface area contributed by atoms with Gasteiger partial charge < -0.3 is 20.1 Å². The van der Waals surface area contributed by atoms with E-state index in [0.717, 1.165) is 41.9 Å². The van der Waals surface area contributed by atoms with Crippen molar-refractivity contribution in [3.63, 3.8) is 0 Å². The smallest absolute Gasteiger partial charge is 0.305 e. The van der Waals surface area contributed by atoms with Gasteiger partial charge in [-0.15, -0.1) is 0 Å². The topological polar surface area (TPSA) is 137 Å². The Bertz CT molecular complexity index is 1410. The molecule has 2 N–H and O–H groups in total. The van der Waals surface area contributed by atoms with E-state index in [-0.39, 0.29) is 50.0 Å². The van der Waals surface area contributed by atoms with Crippen LogP contribution < -0.4 is 10.2 Å². The van der Waals surface area contributed by atoms with Crippen LogP contribution in [-0.2, 0) is 14.3 Å². The summed E-state index contributed by atoms with van der Waals surface area (Å²) in [6, 6.07) is 19.1. The van der Waals surface area contributed by atoms with Crippen LogP contribution in [0.4, 0.5) is 5.82 Å². The monoisotopic (exact) mass is 570 g/mol. The molecule has 2 amide bonds. The number of carbonyl (C=O) groups excluding carboxylic acids is 2. The number of rotatable bonds is 11. The van der Waals surface area contributed by atoms with Gasteiger partial charge in [0.25, 0.3) is 5.91 Å². The number of nitrogens with one attached hydrogen (secondary N) is 1. The van der Waals surface area contributed by atoms with Crippen LogP contribution in [0.15, 0.2) is 72.1 Å². The predicted octanol–water partition coefficient (Wildman–Crippen LogP) is 3.54. The van der Waals surface area contributed by atoms with Crippen LogP contribution in [-0.4, -0.2) is 76.9 Å². The van der Waals surface area contributed by atoms with E-state index in [0.29, 0.717) is 18.7 Å². The first kappa shape index (κ1) is 28.9. The highest BCUT2D eigenvalue weighted by Crippen LogP contribution is 2.32. The van der Waals surface area contributed by atoms with Crippen molar-refractivity contribution in [3.8, 4) is 11.3 Å². The van der Waals surface area contributed by atoms with Crippen LogP contribution in [0.1, 0.15) is 47.6 Å². The quantitative estimate of drug-likeness (QED) is 0.334. The number of amides is 2. The summed E-state index contributed by atoms with van der Waals surface area (Å²) in [6.45, 7) is 2.06. The SMILES string of the molecule is O=C(O)CCOCCNC(=O)c1ccc(-c2cc(N3CCC(C(=O)N4N=CCC4c4ccccc4)CC3)ncn2)cc1. The number of piperidine rings is 1. The number of hydrogen-bond acceptors (Lipinski definition) is 8. The first-order chi connectivity index (χ1) is 20.5. The molecular weight excluding hydrogens is 536 g/mol. The van der Waals surface area contributed by atoms with E-state index in [1.807, 2.05) is 54.7 Å². The number of hydrogen-bond donors (Lipinski definition) is 2. The van der Waals surface area contributed by atoms with Crippen LogP contribution in [0.25, 0.3) is 11.3 Å². The summed E-state index contributed by atoms with van der Waals surface area (Å²) in [5, 5.41) is 17.5. The average molecular weight is 571 g/mol. The minimum Gasteiger partial charge on any atom is -0.481 e. The fourth-order valence-corrected chi connectivity index (χ4v) is 5.19. The zero-order chi connectivity index (χ0) is 29.3. The first-order valence-corrected chi connectivity index (χ1v) is 14.1. The third kappa shape index (κ3) is 7.16. The summed E-state index contributed by atoms with van der Waals surface area (Å²) in [5.41, 5.74) is 3.20. The van der Waals surface area contributed by atoms with Crippen molar-refractivity contribution in [2.75, 3.05) is 37.7 Å². The van der Waals surface area contributed by atoms with Gasteiger partial charge in [-0.2, -0.15) is 5.10 Å². The molecule has 11 heteroatoms. The lowest BCUT2D eigenvalue weighted by Gasteiger charge is -2.34. The maximum absolute atomic E-state index is 13.4. The Hall–Kier alpha value is -4.64. The van der Waals surface area contributed by atoms with Crippen molar-refractivity contribution < 1.29 is 24.2 Å². The molecule has 5 rings (SSSR count). The molecule has 11 nitrogen and oxygen atoms in total. The van der Waals surface area contributed by atoms with E-state index in [2.05, 4.69) is 25.3 Å². The Balaban J connectivity index is 1.13. The highest BCUT2D eigenvalue weighted by atomic mass is 16.5. The zero-order valence-electron chi connectivity index (χ0n) is 23.3. The number of anilines is 1. The van der Waals surface area contributed by atoms with Gasteiger partial charge in [0.1, 0.15) is 12.1 Å². The molecule has 218 valence electrons. The lowest BCUT2D eigenvalue weighted by atomic mass is 9.94. The lowest BCUT2D eigenvalue weighted by molar-refractivity contribution is -0.139. The number of benzene rings is 2. The molecule has 0 radical (unpaired) electrons. The highest BCUT2D eigenvalue weighted by Gasteiger charge is 2.35. The normalized spacial score (nSPS) is 16.9. The van der Waals surface area contributed by atoms with E-state index in [9.17, 15) is 14.4 Å². The van der Waals surface area contributed by atoms with Crippen LogP contribution in [0, 0.1) is 5.92 Å². The van der Waals surface area contributed by atoms with E-state index < -0.39 is 5.97 Å². The Morgan fingerprint density at radius 2 is 1.74 bits per heavy atom. The number of hydrazone groups is 1. The molecule has 3 heterocycles. The molecule has 2 aliphatic heterocycles. The Morgan fingerprint density at radius 1 is 0.976 bits per heavy atom. The molecule has 0 saturated carbocycles. The lowest BCUT2D eigenvalue weighted by Crippen LogP contribution is -2.41. The largest absolute Gasteiger partial charge is 0.481 e. The molecule has 1 unspecified atom stereocenters. The molecule has 1 aromatic heterocycles. The van der Waals surface area contributed by atoms with E-state index in [1.165, 1.54) is 6.33 Å². The molecule has 1 fully saturated rings. The summed E-state index contributed by atoms with van der Waals surface area (Å²) in [7, 11) is 0. The van der Waals surface area contributed by atoms with Crippen LogP contribution in [0.2, 0.25) is 0 Å². The maximum Gasteiger partial charge on any atom is 0.305 e. The third-order valence-corrected chi connectivity index (χ3v) is 7.50. The number of carboxylic acids is 1. The van der Waals surface area contributed by atoms with Crippen molar-refractivity contribution in [1.82, 2.24) is 20.3 Å². The summed E-state index contributed by atoms with van der Waals surface area (Å²) >= 11 is 0. The maximum atomic E-state index is 13.4. The van der Waals surface area contributed by atoms with Gasteiger partial charge in [0, 0.05) is 55.4 Å². The van der Waals surface area contributed by atoms with Gasteiger partial charge in [-0.3, -0.25) is 14.4 Å². The number of aromatic nitrogens is 2. The molecule has 0 aliphatic carbocycles. The Labute approximate surface area is 244 Å². The van der Waals surface area contributed by atoms with Gasteiger partial charge >= 0.3 is 5.97 Å². The van der Waals surface area contributed by atoms with Crippen LogP contribution in [0.5, 0.6) is 0 Å².